The number of tetrazole rings is 1. The highest BCUT2D eigenvalue weighted by Gasteiger charge is 2.26. The summed E-state index contributed by atoms with van der Waals surface area (Å²) in [6, 6.07) is 0. The number of carbonyl (C=O) groups is 1. The van der Waals surface area contributed by atoms with Crippen LogP contribution in [-0.2, 0) is 18.3 Å². The molecule has 78 valence electrons. The second-order valence-electron chi connectivity index (χ2n) is 3.57. The monoisotopic (exact) mass is 197 g/mol. The number of ketones is 1. The number of rotatable bonds is 4. The maximum atomic E-state index is 11.6. The van der Waals surface area contributed by atoms with Gasteiger partial charge in [0.05, 0.1) is 19.0 Å². The average Bonchev–Trinajstić information content (AvgIpc) is 2.51. The van der Waals surface area contributed by atoms with Crippen molar-refractivity contribution in [1.29, 1.82) is 0 Å². The first-order valence-corrected chi connectivity index (χ1v) is 4.50. The van der Waals surface area contributed by atoms with E-state index in [9.17, 15) is 4.79 Å². The Morgan fingerprint density at radius 3 is 2.71 bits per heavy atom. The molecule has 1 aromatic rings. The molecule has 6 nitrogen and oxygen atoms in total. The predicted molar refractivity (Wildman–Crippen MR) is 50.4 cm³/mol. The van der Waals surface area contributed by atoms with E-state index in [0.29, 0.717) is 12.2 Å². The zero-order valence-electron chi connectivity index (χ0n) is 8.69. The molecule has 1 atom stereocenters. The zero-order valence-corrected chi connectivity index (χ0v) is 8.69. The zero-order chi connectivity index (χ0) is 10.8. The molecule has 6 heteroatoms. The fourth-order valence-corrected chi connectivity index (χ4v) is 0.937. The molecule has 14 heavy (non-hydrogen) atoms. The molecule has 0 saturated heterocycles. The third kappa shape index (κ3) is 2.35. The van der Waals surface area contributed by atoms with Crippen LogP contribution in [0.4, 0.5) is 0 Å². The quantitative estimate of drug-likeness (QED) is 0.699. The number of hydrogen-bond donors (Lipinski definition) is 1. The van der Waals surface area contributed by atoms with Crippen LogP contribution >= 0.6 is 0 Å². The molecule has 0 spiro atoms. The molecule has 1 heterocycles. The van der Waals surface area contributed by atoms with Gasteiger partial charge in [-0.05, 0) is 18.6 Å². The molecular formula is C8H15N5O. The molecule has 0 aliphatic heterocycles. The summed E-state index contributed by atoms with van der Waals surface area (Å²) in [5.74, 6) is 0.357. The summed E-state index contributed by atoms with van der Waals surface area (Å²) in [7, 11) is 1.66. The normalized spacial score (nSPS) is 15.1. The molecule has 0 fully saturated rings. The third-order valence-electron chi connectivity index (χ3n) is 2.24. The van der Waals surface area contributed by atoms with Crippen LogP contribution < -0.4 is 5.73 Å². The van der Waals surface area contributed by atoms with Gasteiger partial charge in [0.15, 0.2) is 11.6 Å². The summed E-state index contributed by atoms with van der Waals surface area (Å²) < 4.78 is 0. The first kappa shape index (κ1) is 10.8. The maximum absolute atomic E-state index is 11.6. The lowest BCUT2D eigenvalue weighted by atomic mass is 9.92. The van der Waals surface area contributed by atoms with Crippen molar-refractivity contribution in [3.8, 4) is 0 Å². The minimum atomic E-state index is -0.792. The van der Waals surface area contributed by atoms with E-state index >= 15 is 0 Å². The number of carbonyl (C=O) groups excluding carboxylic acids is 1. The summed E-state index contributed by atoms with van der Waals surface area (Å²) in [4.78, 5) is 13.0. The lowest BCUT2D eigenvalue weighted by molar-refractivity contribution is -0.123. The topological polar surface area (TPSA) is 86.7 Å². The second-order valence-corrected chi connectivity index (χ2v) is 3.57. The summed E-state index contributed by atoms with van der Waals surface area (Å²) in [6.45, 7) is 3.59. The molecule has 0 aliphatic rings. The van der Waals surface area contributed by atoms with Gasteiger partial charge >= 0.3 is 0 Å². The van der Waals surface area contributed by atoms with Crippen molar-refractivity contribution in [3.63, 3.8) is 0 Å². The third-order valence-corrected chi connectivity index (χ3v) is 2.24. The molecule has 0 bridgehead atoms. The summed E-state index contributed by atoms with van der Waals surface area (Å²) >= 11 is 0. The van der Waals surface area contributed by atoms with Crippen LogP contribution in [0.15, 0.2) is 0 Å². The first-order chi connectivity index (χ1) is 6.45. The van der Waals surface area contributed by atoms with Gasteiger partial charge in [-0.15, -0.1) is 10.2 Å². The average molecular weight is 197 g/mol. The van der Waals surface area contributed by atoms with Crippen molar-refractivity contribution in [2.75, 3.05) is 0 Å². The molecular weight excluding hydrogens is 182 g/mol. The Labute approximate surface area is 82.5 Å². The van der Waals surface area contributed by atoms with Gasteiger partial charge in [0.2, 0.25) is 0 Å². The van der Waals surface area contributed by atoms with Crippen LogP contribution in [0.25, 0.3) is 0 Å². The first-order valence-electron chi connectivity index (χ1n) is 4.50. The molecule has 1 unspecified atom stereocenters. The largest absolute Gasteiger partial charge is 0.319 e. The fourth-order valence-electron chi connectivity index (χ4n) is 0.937. The van der Waals surface area contributed by atoms with Crippen molar-refractivity contribution in [2.45, 2.75) is 32.2 Å². The molecule has 2 N–H and O–H groups in total. The van der Waals surface area contributed by atoms with Crippen molar-refractivity contribution < 1.29 is 4.79 Å². The van der Waals surface area contributed by atoms with E-state index in [1.165, 1.54) is 4.80 Å². The number of aryl methyl sites for hydroxylation is 1. The Kier molecular flexibility index (Phi) is 2.95. The van der Waals surface area contributed by atoms with Crippen LogP contribution in [0.2, 0.25) is 0 Å². The van der Waals surface area contributed by atoms with Gasteiger partial charge < -0.3 is 5.73 Å². The maximum Gasteiger partial charge on any atom is 0.182 e. The minimum Gasteiger partial charge on any atom is -0.319 e. The van der Waals surface area contributed by atoms with Gasteiger partial charge in [0.25, 0.3) is 0 Å². The number of nitrogens with two attached hydrogens (primary N) is 1. The predicted octanol–water partition coefficient (Wildman–Crippen LogP) is -0.551. The van der Waals surface area contributed by atoms with E-state index in [-0.39, 0.29) is 12.2 Å². The highest BCUT2D eigenvalue weighted by molar-refractivity contribution is 5.88. The van der Waals surface area contributed by atoms with Crippen LogP contribution in [0, 0.1) is 0 Å². The van der Waals surface area contributed by atoms with Crippen LogP contribution in [0.5, 0.6) is 0 Å². The van der Waals surface area contributed by atoms with E-state index < -0.39 is 5.54 Å². The second kappa shape index (κ2) is 3.83. The molecule has 0 radical (unpaired) electrons. The Balaban J connectivity index is 2.66. The Morgan fingerprint density at radius 2 is 2.29 bits per heavy atom. The fraction of sp³-hybridized carbons (Fsp3) is 0.750. The highest BCUT2D eigenvalue weighted by atomic mass is 16.1. The number of nitrogens with zero attached hydrogens (tertiary/aromatic N) is 4. The number of Topliss-reactive ketones (excluding diaryl/α,β-unsaturated/α-hetero) is 1. The van der Waals surface area contributed by atoms with Crippen LogP contribution in [0.3, 0.4) is 0 Å². The Morgan fingerprint density at radius 1 is 1.64 bits per heavy atom. The molecule has 0 aliphatic carbocycles. The van der Waals surface area contributed by atoms with E-state index in [0.717, 1.165) is 0 Å². The van der Waals surface area contributed by atoms with E-state index in [4.69, 9.17) is 5.73 Å². The lowest BCUT2D eigenvalue weighted by Crippen LogP contribution is -2.45. The summed E-state index contributed by atoms with van der Waals surface area (Å²) in [5.41, 5.74) is 4.99. The highest BCUT2D eigenvalue weighted by Crippen LogP contribution is 2.08. The van der Waals surface area contributed by atoms with Crippen LogP contribution in [-0.4, -0.2) is 31.5 Å². The summed E-state index contributed by atoms with van der Waals surface area (Å²) in [5, 5.41) is 11.3. The van der Waals surface area contributed by atoms with Gasteiger partial charge in [-0.25, -0.2) is 0 Å². The van der Waals surface area contributed by atoms with Crippen molar-refractivity contribution >= 4 is 5.78 Å². The number of hydrogen-bond acceptors (Lipinski definition) is 5. The van der Waals surface area contributed by atoms with Gasteiger partial charge in [0.1, 0.15) is 0 Å². The van der Waals surface area contributed by atoms with Gasteiger partial charge in [0, 0.05) is 0 Å². The standard InChI is InChI=1S/C8H15N5O/c1-4-8(2,9)6(14)5-7-10-12-13(3)11-7/h4-5,9H2,1-3H3. The van der Waals surface area contributed by atoms with E-state index in [1.807, 2.05) is 6.92 Å². The minimum absolute atomic E-state index is 0.0620. The molecule has 0 saturated carbocycles. The van der Waals surface area contributed by atoms with Crippen molar-refractivity contribution in [1.82, 2.24) is 20.2 Å². The van der Waals surface area contributed by atoms with Crippen molar-refractivity contribution in [3.05, 3.63) is 5.82 Å². The van der Waals surface area contributed by atoms with Crippen molar-refractivity contribution in [2.24, 2.45) is 12.8 Å². The van der Waals surface area contributed by atoms with E-state index in [2.05, 4.69) is 15.4 Å². The molecule has 0 aromatic carbocycles. The van der Waals surface area contributed by atoms with E-state index in [1.54, 1.807) is 14.0 Å². The van der Waals surface area contributed by atoms with Gasteiger partial charge in [-0.3, -0.25) is 4.79 Å². The molecule has 0 amide bonds. The lowest BCUT2D eigenvalue weighted by Gasteiger charge is -2.19. The summed E-state index contributed by atoms with van der Waals surface area (Å²) in [6.07, 6.45) is 0.751. The molecule has 1 aromatic heterocycles. The Bertz CT molecular complexity index is 330. The Hall–Kier alpha value is -1.30. The molecule has 1 rings (SSSR count). The van der Waals surface area contributed by atoms with Crippen LogP contribution in [0.1, 0.15) is 26.1 Å². The number of aromatic nitrogens is 4. The van der Waals surface area contributed by atoms with Gasteiger partial charge in [-0.2, -0.15) is 4.80 Å². The van der Waals surface area contributed by atoms with Gasteiger partial charge in [-0.1, -0.05) is 6.92 Å². The smallest absolute Gasteiger partial charge is 0.182 e. The SMILES string of the molecule is CCC(C)(N)C(=O)Cc1nnn(C)n1.